The molecule has 0 saturated carbocycles. The third-order valence-corrected chi connectivity index (χ3v) is 9.41. The molecule has 6 rings (SSSR count). The van der Waals surface area contributed by atoms with E-state index < -0.39 is 0 Å². The van der Waals surface area contributed by atoms with Crippen LogP contribution in [0.4, 0.5) is 0 Å². The van der Waals surface area contributed by atoms with E-state index in [9.17, 15) is 4.79 Å². The molecular formula is C35H46N4O2. The Balaban J connectivity index is 1.02. The Morgan fingerprint density at radius 1 is 0.927 bits per heavy atom. The van der Waals surface area contributed by atoms with Crippen molar-refractivity contribution < 1.29 is 9.53 Å². The Hall–Kier alpha value is -2.96. The van der Waals surface area contributed by atoms with Gasteiger partial charge in [-0.25, -0.2) is 4.99 Å². The van der Waals surface area contributed by atoms with E-state index >= 15 is 0 Å². The topological polar surface area (TPSA) is 57.2 Å². The predicted molar refractivity (Wildman–Crippen MR) is 169 cm³/mol. The zero-order valence-corrected chi connectivity index (χ0v) is 25.0. The summed E-state index contributed by atoms with van der Waals surface area (Å²) in [6.07, 6.45) is 4.23. The lowest BCUT2D eigenvalue weighted by Crippen LogP contribution is -2.44. The minimum absolute atomic E-state index is 0.0228. The average Bonchev–Trinajstić information content (AvgIpc) is 3.32. The van der Waals surface area contributed by atoms with E-state index in [4.69, 9.17) is 9.73 Å². The van der Waals surface area contributed by atoms with Crippen LogP contribution >= 0.6 is 0 Å². The van der Waals surface area contributed by atoms with Gasteiger partial charge in [0.1, 0.15) is 12.1 Å². The number of hydrogen-bond donors (Lipinski definition) is 1. The zero-order valence-electron chi connectivity index (χ0n) is 25.0. The van der Waals surface area contributed by atoms with Gasteiger partial charge in [0.25, 0.3) is 0 Å². The highest BCUT2D eigenvalue weighted by Crippen LogP contribution is 2.32. The third-order valence-electron chi connectivity index (χ3n) is 9.41. The van der Waals surface area contributed by atoms with Crippen LogP contribution in [-0.4, -0.2) is 79.6 Å². The number of carbonyl (C=O) groups is 1. The maximum absolute atomic E-state index is 12.9. The summed E-state index contributed by atoms with van der Waals surface area (Å²) in [5, 5.41) is 8.02. The fraction of sp³-hybridized carbons (Fsp3) is 0.543. The van der Waals surface area contributed by atoms with Crippen LogP contribution in [0.1, 0.15) is 52.0 Å². The van der Waals surface area contributed by atoms with E-state index in [2.05, 4.69) is 90.5 Å². The Labute approximate surface area is 245 Å². The summed E-state index contributed by atoms with van der Waals surface area (Å²) >= 11 is 0. The molecule has 0 spiro atoms. The molecule has 3 aromatic carbocycles. The number of piperidine rings is 2. The average molecular weight is 555 g/mol. The summed E-state index contributed by atoms with van der Waals surface area (Å²) in [5.41, 5.74) is 1.10. The SMILES string of the molecule is CC1OC(c2c3ccccc3cc3ccccc23)=NC1CN1CCC(C(=O)NCCCN2C[C@H](C)C[C@H](C)C2)CC1. The minimum atomic E-state index is 0.0228. The number of rotatable bonds is 8. The molecule has 2 fully saturated rings. The number of hydrogen-bond acceptors (Lipinski definition) is 5. The number of ether oxygens (including phenoxy) is 1. The largest absolute Gasteiger partial charge is 0.472 e. The summed E-state index contributed by atoms with van der Waals surface area (Å²) in [4.78, 5) is 23.1. The molecule has 0 aromatic heterocycles. The van der Waals surface area contributed by atoms with Gasteiger partial charge in [0, 0.05) is 32.1 Å². The first kappa shape index (κ1) is 28.2. The van der Waals surface area contributed by atoms with E-state index in [1.165, 1.54) is 41.1 Å². The van der Waals surface area contributed by atoms with Gasteiger partial charge in [-0.15, -0.1) is 0 Å². The fourth-order valence-corrected chi connectivity index (χ4v) is 7.37. The molecule has 0 bridgehead atoms. The fourth-order valence-electron chi connectivity index (χ4n) is 7.37. The van der Waals surface area contributed by atoms with Crippen molar-refractivity contribution in [1.29, 1.82) is 0 Å². The predicted octanol–water partition coefficient (Wildman–Crippen LogP) is 5.72. The lowest BCUT2D eigenvalue weighted by Gasteiger charge is -2.35. The van der Waals surface area contributed by atoms with Crippen molar-refractivity contribution in [2.75, 3.05) is 45.8 Å². The Kier molecular flexibility index (Phi) is 8.59. The monoisotopic (exact) mass is 554 g/mol. The van der Waals surface area contributed by atoms with Crippen LogP contribution in [0.5, 0.6) is 0 Å². The molecule has 3 aliphatic heterocycles. The number of amides is 1. The second-order valence-electron chi connectivity index (χ2n) is 12.9. The van der Waals surface area contributed by atoms with Crippen LogP contribution in [0.2, 0.25) is 0 Å². The van der Waals surface area contributed by atoms with E-state index in [0.717, 1.165) is 75.3 Å². The van der Waals surface area contributed by atoms with Crippen molar-refractivity contribution in [2.45, 2.75) is 58.6 Å². The normalized spacial score (nSPS) is 26.3. The van der Waals surface area contributed by atoms with Crippen molar-refractivity contribution in [3.63, 3.8) is 0 Å². The van der Waals surface area contributed by atoms with Crippen molar-refractivity contribution >= 4 is 33.3 Å². The van der Waals surface area contributed by atoms with Gasteiger partial charge in [-0.1, -0.05) is 62.4 Å². The summed E-state index contributed by atoms with van der Waals surface area (Å²) in [7, 11) is 0. The maximum Gasteiger partial charge on any atom is 0.223 e. The number of nitrogens with one attached hydrogen (secondary N) is 1. The highest BCUT2D eigenvalue weighted by Gasteiger charge is 2.33. The van der Waals surface area contributed by atoms with Crippen LogP contribution in [0.3, 0.4) is 0 Å². The minimum Gasteiger partial charge on any atom is -0.472 e. The lowest BCUT2D eigenvalue weighted by atomic mass is 9.92. The van der Waals surface area contributed by atoms with Crippen LogP contribution in [0.25, 0.3) is 21.5 Å². The molecule has 0 aliphatic carbocycles. The van der Waals surface area contributed by atoms with Gasteiger partial charge in [-0.3, -0.25) is 4.79 Å². The van der Waals surface area contributed by atoms with Gasteiger partial charge < -0.3 is 19.9 Å². The quantitative estimate of drug-likeness (QED) is 0.286. The highest BCUT2D eigenvalue weighted by atomic mass is 16.5. The number of aliphatic imine (C=N–C) groups is 1. The van der Waals surface area contributed by atoms with Gasteiger partial charge in [0.2, 0.25) is 11.8 Å². The number of benzene rings is 3. The molecule has 1 N–H and O–H groups in total. The molecule has 1 amide bonds. The molecule has 3 aromatic rings. The van der Waals surface area contributed by atoms with Gasteiger partial charge in [-0.2, -0.15) is 0 Å². The summed E-state index contributed by atoms with van der Waals surface area (Å²) in [6, 6.07) is 19.4. The number of carbonyl (C=O) groups excluding carboxylic acids is 1. The maximum atomic E-state index is 12.9. The van der Waals surface area contributed by atoms with Crippen molar-refractivity contribution in [1.82, 2.24) is 15.1 Å². The first-order chi connectivity index (χ1) is 19.9. The molecule has 2 saturated heterocycles. The standard InChI is InChI=1S/C35H46N4O2/c1-24-19-25(2)22-39(21-24)16-8-15-36-34(40)27-13-17-38(18-14-27)23-32-26(3)41-35(37-32)33-30-11-6-4-9-28(30)20-29-10-5-7-12-31(29)33/h4-7,9-12,20,24-27,32H,8,13-19,21-23H2,1-3H3,(H,36,40)/t24-,25+,26?,32?. The van der Waals surface area contributed by atoms with Crippen LogP contribution in [-0.2, 0) is 9.53 Å². The number of fused-ring (bicyclic) bond motifs is 2. The highest BCUT2D eigenvalue weighted by molar-refractivity contribution is 6.18. The Bertz CT molecular complexity index is 1330. The molecule has 4 atom stereocenters. The number of nitrogens with zero attached hydrogens (tertiary/aromatic N) is 3. The third kappa shape index (κ3) is 6.44. The molecular weight excluding hydrogens is 508 g/mol. The zero-order chi connectivity index (χ0) is 28.3. The van der Waals surface area contributed by atoms with Crippen molar-refractivity contribution in [2.24, 2.45) is 22.7 Å². The molecule has 0 radical (unpaired) electrons. The summed E-state index contributed by atoms with van der Waals surface area (Å²) in [5.74, 6) is 2.70. The van der Waals surface area contributed by atoms with Gasteiger partial charge in [0.05, 0.1) is 5.56 Å². The first-order valence-corrected chi connectivity index (χ1v) is 15.8. The van der Waals surface area contributed by atoms with Gasteiger partial charge in [0.15, 0.2) is 0 Å². The van der Waals surface area contributed by atoms with E-state index in [1.54, 1.807) is 0 Å². The van der Waals surface area contributed by atoms with Crippen molar-refractivity contribution in [3.8, 4) is 0 Å². The second-order valence-corrected chi connectivity index (χ2v) is 12.9. The summed E-state index contributed by atoms with van der Waals surface area (Å²) in [6.45, 7) is 13.9. The van der Waals surface area contributed by atoms with Crippen LogP contribution in [0.15, 0.2) is 59.6 Å². The number of likely N-dealkylation sites (tertiary alicyclic amines) is 2. The summed E-state index contributed by atoms with van der Waals surface area (Å²) < 4.78 is 6.44. The smallest absolute Gasteiger partial charge is 0.223 e. The van der Waals surface area contributed by atoms with Gasteiger partial charge >= 0.3 is 0 Å². The Morgan fingerprint density at radius 2 is 1.56 bits per heavy atom. The Morgan fingerprint density at radius 3 is 2.22 bits per heavy atom. The molecule has 6 heteroatoms. The molecule has 2 unspecified atom stereocenters. The second kappa shape index (κ2) is 12.5. The molecule has 41 heavy (non-hydrogen) atoms. The molecule has 6 nitrogen and oxygen atoms in total. The van der Waals surface area contributed by atoms with E-state index in [-0.39, 0.29) is 24.0 Å². The van der Waals surface area contributed by atoms with Crippen molar-refractivity contribution in [3.05, 3.63) is 60.2 Å². The van der Waals surface area contributed by atoms with Gasteiger partial charge in [-0.05, 0) is 91.7 Å². The van der Waals surface area contributed by atoms with Crippen LogP contribution < -0.4 is 5.32 Å². The molecule has 218 valence electrons. The van der Waals surface area contributed by atoms with Crippen LogP contribution in [0, 0.1) is 17.8 Å². The lowest BCUT2D eigenvalue weighted by molar-refractivity contribution is -0.126. The molecule has 3 aliphatic rings. The first-order valence-electron chi connectivity index (χ1n) is 15.8. The molecule has 3 heterocycles. The van der Waals surface area contributed by atoms with E-state index in [1.807, 2.05) is 0 Å². The van der Waals surface area contributed by atoms with E-state index in [0.29, 0.717) is 0 Å².